The number of aliphatic imine (C=N–C) groups is 1. The number of methoxy groups -OCH3 is 1. The number of halogens is 1. The first kappa shape index (κ1) is 20.9. The van der Waals surface area contributed by atoms with Crippen molar-refractivity contribution in [2.24, 2.45) is 4.99 Å². The molecule has 0 bridgehead atoms. The summed E-state index contributed by atoms with van der Waals surface area (Å²) in [6, 6.07) is 10.3. The van der Waals surface area contributed by atoms with E-state index in [1.165, 1.54) is 29.2 Å². The van der Waals surface area contributed by atoms with Crippen LogP contribution in [0.5, 0.6) is 11.5 Å². The van der Waals surface area contributed by atoms with Gasteiger partial charge in [-0.15, -0.1) is 10.2 Å². The highest BCUT2D eigenvalue weighted by Crippen LogP contribution is 2.26. The summed E-state index contributed by atoms with van der Waals surface area (Å²) in [7, 11) is 1.48. The lowest BCUT2D eigenvalue weighted by molar-refractivity contribution is 0.373. The SMILES string of the molecule is COc1cc(/C=N/c2nnc(CNn3c(C)nc4ccc(Br)cc4c3=O)s2)ccc1O. The highest BCUT2D eigenvalue weighted by molar-refractivity contribution is 9.10. The molecular weight excluding hydrogens is 484 g/mol. The fraction of sp³-hybridized carbons (Fsp3) is 0.150. The molecule has 11 heteroatoms. The van der Waals surface area contributed by atoms with Crippen molar-refractivity contribution < 1.29 is 9.84 Å². The zero-order valence-electron chi connectivity index (χ0n) is 16.5. The molecule has 158 valence electrons. The van der Waals surface area contributed by atoms with Crippen molar-refractivity contribution in [3.8, 4) is 11.5 Å². The van der Waals surface area contributed by atoms with E-state index in [1.807, 2.05) is 6.07 Å². The largest absolute Gasteiger partial charge is 0.504 e. The monoisotopic (exact) mass is 500 g/mol. The van der Waals surface area contributed by atoms with E-state index in [1.54, 1.807) is 37.4 Å². The molecule has 0 aliphatic heterocycles. The minimum atomic E-state index is -0.187. The Balaban J connectivity index is 1.49. The second kappa shape index (κ2) is 8.82. The average molecular weight is 501 g/mol. The highest BCUT2D eigenvalue weighted by Gasteiger charge is 2.10. The number of fused-ring (bicyclic) bond motifs is 1. The number of ether oxygens (including phenoxy) is 1. The summed E-state index contributed by atoms with van der Waals surface area (Å²) in [6.45, 7) is 2.06. The normalized spacial score (nSPS) is 11.3. The van der Waals surface area contributed by atoms with Gasteiger partial charge in [0.2, 0.25) is 5.13 Å². The van der Waals surface area contributed by atoms with Gasteiger partial charge >= 0.3 is 0 Å². The van der Waals surface area contributed by atoms with Gasteiger partial charge in [0.05, 0.1) is 24.6 Å². The molecule has 0 radical (unpaired) electrons. The van der Waals surface area contributed by atoms with Crippen LogP contribution in [-0.2, 0) is 6.54 Å². The third-order valence-corrected chi connectivity index (χ3v) is 5.69. The Morgan fingerprint density at radius 3 is 2.94 bits per heavy atom. The Labute approximate surface area is 189 Å². The van der Waals surface area contributed by atoms with Gasteiger partial charge in [-0.2, -0.15) is 0 Å². The minimum Gasteiger partial charge on any atom is -0.504 e. The van der Waals surface area contributed by atoms with Gasteiger partial charge in [0.1, 0.15) is 10.8 Å². The second-order valence-electron chi connectivity index (χ2n) is 6.46. The maximum absolute atomic E-state index is 12.8. The van der Waals surface area contributed by atoms with E-state index in [-0.39, 0.29) is 11.3 Å². The van der Waals surface area contributed by atoms with Crippen LogP contribution < -0.4 is 15.7 Å². The van der Waals surface area contributed by atoms with E-state index < -0.39 is 0 Å². The zero-order valence-corrected chi connectivity index (χ0v) is 18.9. The van der Waals surface area contributed by atoms with Crippen molar-refractivity contribution in [3.63, 3.8) is 0 Å². The van der Waals surface area contributed by atoms with E-state index in [4.69, 9.17) is 4.74 Å². The molecule has 31 heavy (non-hydrogen) atoms. The van der Waals surface area contributed by atoms with Gasteiger partial charge in [0.15, 0.2) is 11.5 Å². The van der Waals surface area contributed by atoms with Crippen molar-refractivity contribution in [3.05, 3.63) is 67.6 Å². The number of nitrogens with zero attached hydrogens (tertiary/aromatic N) is 5. The van der Waals surface area contributed by atoms with Crippen LogP contribution in [-0.4, -0.2) is 38.3 Å². The molecule has 0 saturated carbocycles. The molecule has 0 spiro atoms. The van der Waals surface area contributed by atoms with E-state index >= 15 is 0 Å². The average Bonchev–Trinajstić information content (AvgIpc) is 3.21. The van der Waals surface area contributed by atoms with Gasteiger partial charge in [-0.3, -0.25) is 4.79 Å². The molecule has 9 nitrogen and oxygen atoms in total. The first-order valence-electron chi connectivity index (χ1n) is 9.11. The van der Waals surface area contributed by atoms with E-state index in [2.05, 4.69) is 41.5 Å². The van der Waals surface area contributed by atoms with E-state index in [0.717, 1.165) is 10.0 Å². The smallest absolute Gasteiger partial charge is 0.279 e. The fourth-order valence-electron chi connectivity index (χ4n) is 2.87. The summed E-state index contributed by atoms with van der Waals surface area (Å²) in [4.78, 5) is 21.6. The second-order valence-corrected chi connectivity index (χ2v) is 8.42. The summed E-state index contributed by atoms with van der Waals surface area (Å²) < 4.78 is 7.30. The molecule has 4 aromatic rings. The maximum atomic E-state index is 12.8. The van der Waals surface area contributed by atoms with Crippen molar-refractivity contribution in [2.75, 3.05) is 12.5 Å². The molecule has 0 aliphatic carbocycles. The number of aromatic hydroxyl groups is 1. The summed E-state index contributed by atoms with van der Waals surface area (Å²) in [5.74, 6) is 0.969. The van der Waals surface area contributed by atoms with Crippen LogP contribution in [0.4, 0.5) is 5.13 Å². The molecule has 0 fully saturated rings. The third kappa shape index (κ3) is 4.57. The molecule has 2 N–H and O–H groups in total. The molecule has 0 unspecified atom stereocenters. The van der Waals surface area contributed by atoms with Crippen LogP contribution in [0.2, 0.25) is 0 Å². The molecular formula is C20H17BrN6O3S. The Bertz CT molecular complexity index is 1350. The van der Waals surface area contributed by atoms with Crippen LogP contribution >= 0.6 is 27.3 Å². The number of rotatable bonds is 6. The number of hydrogen-bond donors (Lipinski definition) is 2. The van der Waals surface area contributed by atoms with E-state index in [9.17, 15) is 9.90 Å². The first-order valence-corrected chi connectivity index (χ1v) is 10.7. The summed E-state index contributed by atoms with van der Waals surface area (Å²) in [5, 5.41) is 19.5. The van der Waals surface area contributed by atoms with Gasteiger partial charge in [0.25, 0.3) is 5.56 Å². The first-order chi connectivity index (χ1) is 14.9. The Morgan fingerprint density at radius 2 is 2.13 bits per heavy atom. The number of phenolic OH excluding ortho intramolecular Hbond substituents is 1. The number of aromatic nitrogens is 4. The van der Waals surface area contributed by atoms with Crippen LogP contribution in [0.15, 0.2) is 50.7 Å². The Kier molecular flexibility index (Phi) is 5.96. The van der Waals surface area contributed by atoms with E-state index in [0.29, 0.717) is 39.2 Å². The topological polar surface area (TPSA) is 115 Å². The van der Waals surface area contributed by atoms with Gasteiger partial charge in [-0.1, -0.05) is 27.3 Å². The summed E-state index contributed by atoms with van der Waals surface area (Å²) in [5.41, 5.74) is 4.26. The number of benzene rings is 2. The summed E-state index contributed by atoms with van der Waals surface area (Å²) >= 11 is 4.68. The number of hydrogen-bond acceptors (Lipinski definition) is 9. The van der Waals surface area contributed by atoms with Gasteiger partial charge in [-0.25, -0.2) is 14.7 Å². The number of phenols is 1. The number of nitrogens with one attached hydrogen (secondary N) is 1. The molecule has 0 atom stereocenters. The van der Waals surface area contributed by atoms with Crippen molar-refractivity contribution in [2.45, 2.75) is 13.5 Å². The van der Waals surface area contributed by atoms with Gasteiger partial charge in [-0.05, 0) is 48.9 Å². The lowest BCUT2D eigenvalue weighted by Gasteiger charge is -2.12. The molecule has 4 rings (SSSR count). The Morgan fingerprint density at radius 1 is 1.29 bits per heavy atom. The quantitative estimate of drug-likeness (QED) is 0.389. The molecule has 2 heterocycles. The lowest BCUT2D eigenvalue weighted by atomic mass is 10.2. The van der Waals surface area contributed by atoms with Crippen molar-refractivity contribution in [1.82, 2.24) is 19.9 Å². The van der Waals surface area contributed by atoms with Gasteiger partial charge < -0.3 is 15.3 Å². The highest BCUT2D eigenvalue weighted by atomic mass is 79.9. The lowest BCUT2D eigenvalue weighted by Crippen LogP contribution is -2.31. The fourth-order valence-corrected chi connectivity index (χ4v) is 3.85. The standard InChI is InChI=1S/C20H17BrN6O3S/c1-11-24-15-5-4-13(21)8-14(15)19(29)27(11)23-10-18-25-26-20(31-18)22-9-12-3-6-16(28)17(7-12)30-2/h3-9,23,28H,10H2,1-2H3/b22-9+. The van der Waals surface area contributed by atoms with Crippen molar-refractivity contribution >= 4 is 49.5 Å². The Hall–Kier alpha value is -3.31. The minimum absolute atomic E-state index is 0.0602. The summed E-state index contributed by atoms with van der Waals surface area (Å²) in [6.07, 6.45) is 1.61. The molecule has 2 aromatic heterocycles. The third-order valence-electron chi connectivity index (χ3n) is 4.37. The van der Waals surface area contributed by atoms with Crippen LogP contribution in [0.25, 0.3) is 10.9 Å². The van der Waals surface area contributed by atoms with Crippen LogP contribution in [0.1, 0.15) is 16.4 Å². The molecule has 2 aromatic carbocycles. The molecule has 0 aliphatic rings. The van der Waals surface area contributed by atoms with Gasteiger partial charge in [0, 0.05) is 10.7 Å². The molecule has 0 amide bonds. The van der Waals surface area contributed by atoms with Crippen molar-refractivity contribution in [1.29, 1.82) is 0 Å². The molecule has 0 saturated heterocycles. The zero-order chi connectivity index (χ0) is 22.0. The predicted molar refractivity (Wildman–Crippen MR) is 123 cm³/mol. The van der Waals surface area contributed by atoms with Crippen LogP contribution in [0, 0.1) is 6.92 Å². The number of aryl methyl sites for hydroxylation is 1. The van der Waals surface area contributed by atoms with Crippen LogP contribution in [0.3, 0.4) is 0 Å². The predicted octanol–water partition coefficient (Wildman–Crippen LogP) is 3.53. The maximum Gasteiger partial charge on any atom is 0.279 e.